The molecule has 0 aliphatic carbocycles. The summed E-state index contributed by atoms with van der Waals surface area (Å²) in [5.41, 5.74) is 1.97. The summed E-state index contributed by atoms with van der Waals surface area (Å²) in [6.07, 6.45) is 3.11. The maximum Gasteiger partial charge on any atom is 0.330 e. The minimum Gasteiger partial charge on any atom is -0.350 e. The van der Waals surface area contributed by atoms with Gasteiger partial charge in [-0.05, 0) is 42.0 Å². The van der Waals surface area contributed by atoms with Crippen molar-refractivity contribution in [3.63, 3.8) is 0 Å². The molecule has 0 radical (unpaired) electrons. The number of hydrogen-bond acceptors (Lipinski definition) is 4. The quantitative estimate of drug-likeness (QED) is 0.481. The van der Waals surface area contributed by atoms with Gasteiger partial charge in [0, 0.05) is 25.5 Å². The molecule has 1 N–H and O–H groups in total. The summed E-state index contributed by atoms with van der Waals surface area (Å²) in [7, 11) is 0. The van der Waals surface area contributed by atoms with Crippen molar-refractivity contribution >= 4 is 28.7 Å². The fraction of sp³-hybridized carbons (Fsp3) is 0.143. The molecule has 0 unspecified atom stereocenters. The lowest BCUT2D eigenvalue weighted by atomic mass is 10.2. The highest BCUT2D eigenvalue weighted by molar-refractivity contribution is 6.32. The summed E-state index contributed by atoms with van der Waals surface area (Å²) in [5, 5.41) is 2.86. The van der Waals surface area contributed by atoms with Crippen LogP contribution >= 0.6 is 11.6 Å². The predicted molar refractivity (Wildman–Crippen MR) is 111 cm³/mol. The zero-order chi connectivity index (χ0) is 21.1. The van der Waals surface area contributed by atoms with Crippen LogP contribution in [0, 0.1) is 5.82 Å². The summed E-state index contributed by atoms with van der Waals surface area (Å²) in [4.78, 5) is 33.5. The van der Waals surface area contributed by atoms with Gasteiger partial charge >= 0.3 is 5.69 Å². The zero-order valence-corrected chi connectivity index (χ0v) is 16.5. The third-order valence-corrected chi connectivity index (χ3v) is 4.95. The molecular formula is C21H17ClFN5O2. The lowest BCUT2D eigenvalue weighted by molar-refractivity contribution is 0.0952. The SMILES string of the molecule is O=C(NCCn1c(=O)n(Cc2ccc(F)cc2)c2cccnc21)c1cccnc1Cl. The van der Waals surface area contributed by atoms with E-state index in [4.69, 9.17) is 11.6 Å². The molecule has 0 spiro atoms. The van der Waals surface area contributed by atoms with Gasteiger partial charge < -0.3 is 5.32 Å². The number of aromatic nitrogens is 4. The van der Waals surface area contributed by atoms with Crippen LogP contribution in [0.25, 0.3) is 11.2 Å². The number of hydrogen-bond donors (Lipinski definition) is 1. The van der Waals surface area contributed by atoms with Gasteiger partial charge in [0.15, 0.2) is 5.65 Å². The Bertz CT molecular complexity index is 1270. The number of fused-ring (bicyclic) bond motifs is 1. The van der Waals surface area contributed by atoms with Gasteiger partial charge in [-0.15, -0.1) is 0 Å². The van der Waals surface area contributed by atoms with Crippen molar-refractivity contribution in [3.8, 4) is 0 Å². The minimum absolute atomic E-state index is 0.115. The van der Waals surface area contributed by atoms with Crippen LogP contribution in [0.1, 0.15) is 15.9 Å². The first-order valence-electron chi connectivity index (χ1n) is 9.22. The highest BCUT2D eigenvalue weighted by Crippen LogP contribution is 2.13. The van der Waals surface area contributed by atoms with E-state index in [0.29, 0.717) is 11.2 Å². The van der Waals surface area contributed by atoms with Gasteiger partial charge in [-0.1, -0.05) is 23.7 Å². The first kappa shape index (κ1) is 19.8. The van der Waals surface area contributed by atoms with Crippen molar-refractivity contribution in [1.29, 1.82) is 0 Å². The molecule has 1 amide bonds. The van der Waals surface area contributed by atoms with E-state index in [1.54, 1.807) is 47.2 Å². The molecule has 4 aromatic rings. The molecule has 7 nitrogen and oxygen atoms in total. The van der Waals surface area contributed by atoms with Gasteiger partial charge in [0.1, 0.15) is 11.0 Å². The van der Waals surface area contributed by atoms with Crippen LogP contribution in [0.15, 0.2) is 65.7 Å². The number of carbonyl (C=O) groups excluding carboxylic acids is 1. The number of amides is 1. The van der Waals surface area contributed by atoms with Gasteiger partial charge in [0.2, 0.25) is 0 Å². The van der Waals surface area contributed by atoms with Crippen LogP contribution < -0.4 is 11.0 Å². The Kier molecular flexibility index (Phi) is 5.58. The van der Waals surface area contributed by atoms with Gasteiger partial charge in [-0.25, -0.2) is 19.2 Å². The highest BCUT2D eigenvalue weighted by atomic mass is 35.5. The summed E-state index contributed by atoms with van der Waals surface area (Å²) in [6, 6.07) is 12.7. The molecule has 152 valence electrons. The van der Waals surface area contributed by atoms with Crippen molar-refractivity contribution in [1.82, 2.24) is 24.4 Å². The molecular weight excluding hydrogens is 409 g/mol. The molecule has 3 aromatic heterocycles. The summed E-state index contributed by atoms with van der Waals surface area (Å²) >= 11 is 5.94. The first-order chi connectivity index (χ1) is 14.5. The molecule has 3 heterocycles. The molecule has 0 saturated heterocycles. The fourth-order valence-electron chi connectivity index (χ4n) is 3.21. The average molecular weight is 426 g/mol. The molecule has 9 heteroatoms. The van der Waals surface area contributed by atoms with Crippen LogP contribution in [-0.4, -0.2) is 31.6 Å². The van der Waals surface area contributed by atoms with Crippen LogP contribution in [0.3, 0.4) is 0 Å². The molecule has 0 fully saturated rings. The number of nitrogens with one attached hydrogen (secondary N) is 1. The topological polar surface area (TPSA) is 81.8 Å². The van der Waals surface area contributed by atoms with Crippen LogP contribution in [0.4, 0.5) is 4.39 Å². The van der Waals surface area contributed by atoms with Gasteiger partial charge in [-0.3, -0.25) is 13.9 Å². The van der Waals surface area contributed by atoms with Gasteiger partial charge in [-0.2, -0.15) is 0 Å². The maximum atomic E-state index is 13.2. The highest BCUT2D eigenvalue weighted by Gasteiger charge is 2.15. The zero-order valence-electron chi connectivity index (χ0n) is 15.8. The van der Waals surface area contributed by atoms with Crippen molar-refractivity contribution in [2.24, 2.45) is 0 Å². The summed E-state index contributed by atoms with van der Waals surface area (Å²) in [5.74, 6) is -0.705. The lowest BCUT2D eigenvalue weighted by Crippen LogP contribution is -2.32. The Labute approximate surface area is 175 Å². The second-order valence-electron chi connectivity index (χ2n) is 6.59. The molecule has 0 atom stereocenters. The smallest absolute Gasteiger partial charge is 0.330 e. The largest absolute Gasteiger partial charge is 0.350 e. The number of benzene rings is 1. The van der Waals surface area contributed by atoms with Crippen molar-refractivity contribution in [3.05, 3.63) is 93.5 Å². The third-order valence-electron chi connectivity index (χ3n) is 4.65. The van der Waals surface area contributed by atoms with Crippen molar-refractivity contribution < 1.29 is 9.18 Å². The monoisotopic (exact) mass is 425 g/mol. The molecule has 0 bridgehead atoms. The number of nitrogens with zero attached hydrogens (tertiary/aromatic N) is 4. The van der Waals surface area contributed by atoms with E-state index in [1.807, 2.05) is 0 Å². The number of carbonyl (C=O) groups is 1. The van der Waals surface area contributed by atoms with Crippen molar-refractivity contribution in [2.75, 3.05) is 6.54 Å². The van der Waals surface area contributed by atoms with E-state index in [1.165, 1.54) is 22.9 Å². The van der Waals surface area contributed by atoms with E-state index < -0.39 is 0 Å². The summed E-state index contributed by atoms with van der Waals surface area (Å²) in [6.45, 7) is 0.717. The third kappa shape index (κ3) is 3.95. The fourth-order valence-corrected chi connectivity index (χ4v) is 3.41. The standard InChI is InChI=1S/C21H17ClFN5O2/c22-18-16(3-1-9-24-18)20(29)26-11-12-27-19-17(4-2-10-25-19)28(21(27)30)13-14-5-7-15(23)8-6-14/h1-10H,11-13H2,(H,26,29). The maximum absolute atomic E-state index is 13.2. The molecule has 4 rings (SSSR count). The van der Waals surface area contributed by atoms with E-state index >= 15 is 0 Å². The number of imidazole rings is 1. The Balaban J connectivity index is 1.56. The van der Waals surface area contributed by atoms with E-state index in [2.05, 4.69) is 15.3 Å². The van der Waals surface area contributed by atoms with Crippen LogP contribution in [0.2, 0.25) is 5.15 Å². The molecule has 1 aromatic carbocycles. The second kappa shape index (κ2) is 8.46. The lowest BCUT2D eigenvalue weighted by Gasteiger charge is -2.07. The number of pyridine rings is 2. The van der Waals surface area contributed by atoms with Crippen LogP contribution in [0.5, 0.6) is 0 Å². The second-order valence-corrected chi connectivity index (χ2v) is 6.95. The summed E-state index contributed by atoms with van der Waals surface area (Å²) < 4.78 is 16.3. The van der Waals surface area contributed by atoms with Gasteiger partial charge in [0.05, 0.1) is 17.6 Å². The minimum atomic E-state index is -0.371. The number of rotatable bonds is 6. The first-order valence-corrected chi connectivity index (χ1v) is 9.59. The average Bonchev–Trinajstić information content (AvgIpc) is 3.01. The Hall–Kier alpha value is -3.52. The predicted octanol–water partition coefficient (Wildman–Crippen LogP) is 2.86. The normalized spacial score (nSPS) is 11.0. The molecule has 0 aliphatic rings. The van der Waals surface area contributed by atoms with E-state index in [9.17, 15) is 14.0 Å². The van der Waals surface area contributed by atoms with Gasteiger partial charge in [0.25, 0.3) is 5.91 Å². The Morgan fingerprint density at radius 1 is 1.03 bits per heavy atom. The Morgan fingerprint density at radius 3 is 2.53 bits per heavy atom. The van der Waals surface area contributed by atoms with E-state index in [0.717, 1.165) is 5.56 Å². The van der Waals surface area contributed by atoms with Crippen LogP contribution in [-0.2, 0) is 13.1 Å². The van der Waals surface area contributed by atoms with Crippen molar-refractivity contribution in [2.45, 2.75) is 13.1 Å². The molecule has 30 heavy (non-hydrogen) atoms. The van der Waals surface area contributed by atoms with E-state index in [-0.39, 0.29) is 47.8 Å². The molecule has 0 aliphatic heterocycles. The number of halogens is 2. The Morgan fingerprint density at radius 2 is 1.77 bits per heavy atom. The molecule has 0 saturated carbocycles.